The van der Waals surface area contributed by atoms with Crippen molar-refractivity contribution in [3.05, 3.63) is 0 Å². The van der Waals surface area contributed by atoms with Crippen LogP contribution in [-0.2, 0) is 9.47 Å². The van der Waals surface area contributed by atoms with Crippen molar-refractivity contribution in [2.45, 2.75) is 56.1 Å². The third kappa shape index (κ3) is 2.40. The Labute approximate surface area is 113 Å². The summed E-state index contributed by atoms with van der Waals surface area (Å²) in [6.45, 7) is 5.93. The molecule has 18 heavy (non-hydrogen) atoms. The van der Waals surface area contributed by atoms with Crippen molar-refractivity contribution in [1.82, 2.24) is 0 Å². The molecule has 0 radical (unpaired) electrons. The van der Waals surface area contributed by atoms with Crippen molar-refractivity contribution in [1.29, 1.82) is 0 Å². The standard InChI is InChI=1S/C13H22N2O2S/c1-13(2)5-3-10(17-13)11-8-4-6-16-7-9(8)15-12(14)18-11/h8-11H,3-7H2,1-2H3,(H2,14,15)/t8?,9?,10-,11?/m1/s1. The van der Waals surface area contributed by atoms with Crippen molar-refractivity contribution in [3.63, 3.8) is 0 Å². The molecule has 2 N–H and O–H groups in total. The number of aliphatic imine (C=N–C) groups is 1. The molecule has 0 aromatic carbocycles. The Morgan fingerprint density at radius 2 is 2.22 bits per heavy atom. The van der Waals surface area contributed by atoms with Gasteiger partial charge >= 0.3 is 0 Å². The molecule has 0 saturated carbocycles. The molecule has 0 amide bonds. The maximum Gasteiger partial charge on any atom is 0.154 e. The van der Waals surface area contributed by atoms with Gasteiger partial charge in [0.25, 0.3) is 0 Å². The van der Waals surface area contributed by atoms with Gasteiger partial charge in [-0.2, -0.15) is 0 Å². The number of amidine groups is 1. The van der Waals surface area contributed by atoms with Gasteiger partial charge in [0.15, 0.2) is 5.17 Å². The summed E-state index contributed by atoms with van der Waals surface area (Å²) in [4.78, 5) is 4.54. The minimum absolute atomic E-state index is 0.0231. The van der Waals surface area contributed by atoms with E-state index in [1.54, 1.807) is 11.8 Å². The highest BCUT2D eigenvalue weighted by Crippen LogP contribution is 2.42. The van der Waals surface area contributed by atoms with Crippen LogP contribution in [0.5, 0.6) is 0 Å². The predicted molar refractivity (Wildman–Crippen MR) is 73.9 cm³/mol. The van der Waals surface area contributed by atoms with Crippen LogP contribution in [0.4, 0.5) is 0 Å². The van der Waals surface area contributed by atoms with Crippen LogP contribution in [0.15, 0.2) is 4.99 Å². The molecule has 3 heterocycles. The molecule has 2 saturated heterocycles. The Morgan fingerprint density at radius 3 is 2.94 bits per heavy atom. The van der Waals surface area contributed by atoms with Crippen LogP contribution in [-0.4, -0.2) is 41.4 Å². The average molecular weight is 270 g/mol. The number of rotatable bonds is 1. The summed E-state index contributed by atoms with van der Waals surface area (Å²) in [5.74, 6) is 0.565. The number of nitrogens with zero attached hydrogens (tertiary/aromatic N) is 1. The van der Waals surface area contributed by atoms with Gasteiger partial charge in [-0.25, -0.2) is 0 Å². The van der Waals surface area contributed by atoms with Crippen LogP contribution in [0.3, 0.4) is 0 Å². The fourth-order valence-electron chi connectivity index (χ4n) is 3.28. The van der Waals surface area contributed by atoms with Gasteiger partial charge in [-0.3, -0.25) is 4.99 Å². The predicted octanol–water partition coefficient (Wildman–Crippen LogP) is 1.78. The number of hydrogen-bond donors (Lipinski definition) is 1. The van der Waals surface area contributed by atoms with Crippen molar-refractivity contribution in [2.75, 3.05) is 13.2 Å². The summed E-state index contributed by atoms with van der Waals surface area (Å²) in [5, 5.41) is 1.17. The van der Waals surface area contributed by atoms with E-state index in [-0.39, 0.29) is 11.6 Å². The highest BCUT2D eigenvalue weighted by atomic mass is 32.2. The summed E-state index contributed by atoms with van der Waals surface area (Å²) in [6, 6.07) is 0.248. The smallest absolute Gasteiger partial charge is 0.154 e. The lowest BCUT2D eigenvalue weighted by Gasteiger charge is -2.40. The summed E-state index contributed by atoms with van der Waals surface area (Å²) < 4.78 is 11.7. The lowest BCUT2D eigenvalue weighted by Crippen LogP contribution is -2.47. The van der Waals surface area contributed by atoms with E-state index < -0.39 is 0 Å². The summed E-state index contributed by atoms with van der Waals surface area (Å²) >= 11 is 1.72. The molecule has 3 aliphatic rings. The first kappa shape index (κ1) is 12.8. The lowest BCUT2D eigenvalue weighted by atomic mass is 9.88. The molecular formula is C13H22N2O2S. The second-order valence-corrected chi connectivity index (χ2v) is 7.30. The van der Waals surface area contributed by atoms with Gasteiger partial charge in [0.2, 0.25) is 0 Å². The Kier molecular flexibility index (Phi) is 3.32. The van der Waals surface area contributed by atoms with Gasteiger partial charge in [0, 0.05) is 17.8 Å². The van der Waals surface area contributed by atoms with E-state index >= 15 is 0 Å². The van der Waals surface area contributed by atoms with E-state index in [0.717, 1.165) is 32.5 Å². The van der Waals surface area contributed by atoms with Crippen LogP contribution in [0.1, 0.15) is 33.1 Å². The summed E-state index contributed by atoms with van der Waals surface area (Å²) in [7, 11) is 0. The Hall–Kier alpha value is -0.260. The van der Waals surface area contributed by atoms with E-state index in [4.69, 9.17) is 15.2 Å². The molecule has 0 bridgehead atoms. The van der Waals surface area contributed by atoms with E-state index in [9.17, 15) is 0 Å². The number of nitrogens with two attached hydrogens (primary N) is 1. The van der Waals surface area contributed by atoms with Gasteiger partial charge in [0.05, 0.1) is 24.4 Å². The number of hydrogen-bond acceptors (Lipinski definition) is 5. The average Bonchev–Trinajstić information content (AvgIpc) is 2.68. The van der Waals surface area contributed by atoms with E-state index in [0.29, 0.717) is 22.4 Å². The third-order valence-corrected chi connectivity index (χ3v) is 5.49. The molecule has 5 heteroatoms. The molecule has 0 spiro atoms. The molecule has 3 aliphatic heterocycles. The molecular weight excluding hydrogens is 248 g/mol. The highest BCUT2D eigenvalue weighted by molar-refractivity contribution is 8.14. The van der Waals surface area contributed by atoms with Crippen LogP contribution in [0, 0.1) is 5.92 Å². The maximum absolute atomic E-state index is 6.21. The van der Waals surface area contributed by atoms with Crippen LogP contribution in [0.2, 0.25) is 0 Å². The second kappa shape index (κ2) is 4.69. The summed E-state index contributed by atoms with van der Waals surface area (Å²) in [5.41, 5.74) is 5.99. The van der Waals surface area contributed by atoms with E-state index in [1.807, 2.05) is 0 Å². The molecule has 0 aliphatic carbocycles. The SMILES string of the molecule is CC1(C)CC[C@H](C2SC(N)=NC3COCCC32)O1. The van der Waals surface area contributed by atoms with Crippen LogP contribution in [0.25, 0.3) is 0 Å². The molecule has 102 valence electrons. The zero-order valence-corrected chi connectivity index (χ0v) is 11.9. The minimum Gasteiger partial charge on any atom is -0.379 e. The second-order valence-electron chi connectivity index (χ2n) is 6.10. The van der Waals surface area contributed by atoms with Crippen molar-refractivity contribution >= 4 is 16.9 Å². The highest BCUT2D eigenvalue weighted by Gasteiger charge is 2.45. The topological polar surface area (TPSA) is 56.8 Å². The van der Waals surface area contributed by atoms with E-state index in [1.165, 1.54) is 0 Å². The number of ether oxygens (including phenoxy) is 2. The zero-order valence-electron chi connectivity index (χ0n) is 11.1. The van der Waals surface area contributed by atoms with Crippen molar-refractivity contribution in [3.8, 4) is 0 Å². The van der Waals surface area contributed by atoms with Crippen LogP contribution >= 0.6 is 11.8 Å². The Bertz CT molecular complexity index is 359. The van der Waals surface area contributed by atoms with Gasteiger partial charge in [0.1, 0.15) is 0 Å². The first-order valence-corrected chi connectivity index (χ1v) is 7.69. The third-order valence-electron chi connectivity index (χ3n) is 4.22. The quantitative estimate of drug-likeness (QED) is 0.789. The van der Waals surface area contributed by atoms with Crippen molar-refractivity contribution in [2.24, 2.45) is 16.6 Å². The first-order valence-electron chi connectivity index (χ1n) is 6.81. The van der Waals surface area contributed by atoms with E-state index in [2.05, 4.69) is 18.8 Å². The monoisotopic (exact) mass is 270 g/mol. The lowest BCUT2D eigenvalue weighted by molar-refractivity contribution is -0.0334. The molecule has 4 nitrogen and oxygen atoms in total. The fraction of sp³-hybridized carbons (Fsp3) is 0.923. The summed E-state index contributed by atoms with van der Waals surface area (Å²) in [6.07, 6.45) is 3.69. The number of thioether (sulfide) groups is 1. The van der Waals surface area contributed by atoms with Gasteiger partial charge in [-0.1, -0.05) is 11.8 Å². The molecule has 2 fully saturated rings. The molecule has 3 unspecified atom stereocenters. The molecule has 4 atom stereocenters. The molecule has 3 rings (SSSR count). The van der Waals surface area contributed by atoms with Crippen molar-refractivity contribution < 1.29 is 9.47 Å². The Morgan fingerprint density at radius 1 is 1.39 bits per heavy atom. The number of fused-ring (bicyclic) bond motifs is 1. The Balaban J connectivity index is 1.77. The normalized spacial score (nSPS) is 43.3. The first-order chi connectivity index (χ1) is 8.55. The van der Waals surface area contributed by atoms with Gasteiger partial charge < -0.3 is 15.2 Å². The van der Waals surface area contributed by atoms with Gasteiger partial charge in [-0.15, -0.1) is 0 Å². The van der Waals surface area contributed by atoms with Crippen LogP contribution < -0.4 is 5.73 Å². The maximum atomic E-state index is 6.21. The largest absolute Gasteiger partial charge is 0.379 e. The van der Waals surface area contributed by atoms with Gasteiger partial charge in [-0.05, 0) is 33.1 Å². The molecule has 0 aromatic rings. The molecule has 0 aromatic heterocycles. The minimum atomic E-state index is 0.0231. The zero-order chi connectivity index (χ0) is 12.8. The fourth-order valence-corrected chi connectivity index (χ4v) is 4.59.